The zero-order chi connectivity index (χ0) is 24.2. The fourth-order valence-corrected chi connectivity index (χ4v) is 4.63. The molecule has 10 nitrogen and oxygen atoms in total. The number of carbonyl (C=O) groups excluding carboxylic acids is 4. The number of nitrogens with two attached hydrogens (primary N) is 1. The molecule has 2 fully saturated rings. The Balaban J connectivity index is 1.48. The Labute approximate surface area is 197 Å². The van der Waals surface area contributed by atoms with Crippen molar-refractivity contribution < 1.29 is 23.9 Å². The molecule has 0 bridgehead atoms. The van der Waals surface area contributed by atoms with Gasteiger partial charge in [-0.1, -0.05) is 25.3 Å². The SMILES string of the molecule is COc1cccc2[nH]c(C(=O)NC(CC3CCC3)C(=O)NC(CC3CCNC3=O)C(N)=O)cc12. The number of ether oxygens (including phenoxy) is 1. The van der Waals surface area contributed by atoms with Gasteiger partial charge in [-0.15, -0.1) is 0 Å². The van der Waals surface area contributed by atoms with Crippen LogP contribution in [0.5, 0.6) is 5.75 Å². The number of aromatic amines is 1. The van der Waals surface area contributed by atoms with Crippen molar-refractivity contribution >= 4 is 34.5 Å². The number of fused-ring (bicyclic) bond motifs is 1. The van der Waals surface area contributed by atoms with Crippen LogP contribution in [0.2, 0.25) is 0 Å². The third-order valence-corrected chi connectivity index (χ3v) is 6.85. The molecular weight excluding hydrogens is 438 g/mol. The molecule has 0 radical (unpaired) electrons. The van der Waals surface area contributed by atoms with Gasteiger partial charge in [-0.05, 0) is 43.4 Å². The van der Waals surface area contributed by atoms with Crippen molar-refractivity contribution in [2.75, 3.05) is 13.7 Å². The van der Waals surface area contributed by atoms with Crippen LogP contribution in [0.3, 0.4) is 0 Å². The van der Waals surface area contributed by atoms with Gasteiger partial charge in [0, 0.05) is 23.4 Å². The monoisotopic (exact) mass is 469 g/mol. The summed E-state index contributed by atoms with van der Waals surface area (Å²) in [4.78, 5) is 53.2. The highest BCUT2D eigenvalue weighted by Gasteiger charge is 2.34. The molecular formula is C24H31N5O5. The van der Waals surface area contributed by atoms with Crippen LogP contribution in [0.25, 0.3) is 10.9 Å². The van der Waals surface area contributed by atoms with Gasteiger partial charge in [0.1, 0.15) is 23.5 Å². The standard InChI is InChI=1S/C24H31N5O5/c1-34-20-7-3-6-16-15(20)12-19(27-16)24(33)29-18(10-13-4-2-5-13)23(32)28-17(21(25)30)11-14-8-9-26-22(14)31/h3,6-7,12-14,17-18,27H,2,4-5,8-11H2,1H3,(H2,25,30)(H,26,31)(H,28,32)(H,29,33). The van der Waals surface area contributed by atoms with Crippen LogP contribution in [0.15, 0.2) is 24.3 Å². The van der Waals surface area contributed by atoms with Gasteiger partial charge < -0.3 is 31.4 Å². The number of amides is 4. The van der Waals surface area contributed by atoms with Crippen molar-refractivity contribution in [1.29, 1.82) is 0 Å². The van der Waals surface area contributed by atoms with Gasteiger partial charge in [0.15, 0.2) is 0 Å². The number of hydrogen-bond donors (Lipinski definition) is 5. The minimum absolute atomic E-state index is 0.138. The molecule has 1 aliphatic carbocycles. The number of rotatable bonds is 10. The van der Waals surface area contributed by atoms with Crippen LogP contribution in [-0.2, 0) is 14.4 Å². The lowest BCUT2D eigenvalue weighted by molar-refractivity contribution is -0.130. The molecule has 2 aromatic rings. The van der Waals surface area contributed by atoms with Gasteiger partial charge in [-0.2, -0.15) is 0 Å². The first-order valence-corrected chi connectivity index (χ1v) is 11.7. The topological polar surface area (TPSA) is 155 Å². The maximum atomic E-state index is 13.2. The highest BCUT2D eigenvalue weighted by Crippen LogP contribution is 2.31. The Morgan fingerprint density at radius 2 is 1.94 bits per heavy atom. The Morgan fingerprint density at radius 3 is 2.56 bits per heavy atom. The third-order valence-electron chi connectivity index (χ3n) is 6.85. The van der Waals surface area contributed by atoms with E-state index in [0.717, 1.165) is 30.2 Å². The Bertz CT molecular complexity index is 1090. The molecule has 34 heavy (non-hydrogen) atoms. The zero-order valence-corrected chi connectivity index (χ0v) is 19.2. The summed E-state index contributed by atoms with van der Waals surface area (Å²) in [6.07, 6.45) is 4.27. The van der Waals surface area contributed by atoms with E-state index in [1.165, 1.54) is 0 Å². The van der Waals surface area contributed by atoms with Gasteiger partial charge in [0.25, 0.3) is 5.91 Å². The van der Waals surface area contributed by atoms with Gasteiger partial charge in [-0.3, -0.25) is 19.2 Å². The molecule has 1 aromatic heterocycles. The molecule has 1 aliphatic heterocycles. The quantitative estimate of drug-likeness (QED) is 0.350. The van der Waals surface area contributed by atoms with E-state index in [4.69, 9.17) is 10.5 Å². The van der Waals surface area contributed by atoms with E-state index >= 15 is 0 Å². The highest BCUT2D eigenvalue weighted by molar-refractivity contribution is 6.01. The molecule has 182 valence electrons. The van der Waals surface area contributed by atoms with Crippen LogP contribution in [0.1, 0.15) is 49.0 Å². The summed E-state index contributed by atoms with van der Waals surface area (Å²) < 4.78 is 5.35. The molecule has 3 unspecified atom stereocenters. The van der Waals surface area contributed by atoms with E-state index in [0.29, 0.717) is 36.7 Å². The number of methoxy groups -OCH3 is 1. The van der Waals surface area contributed by atoms with Crippen molar-refractivity contribution in [1.82, 2.24) is 20.9 Å². The lowest BCUT2D eigenvalue weighted by Gasteiger charge is -2.30. The Hall–Kier alpha value is -3.56. The number of benzene rings is 1. The van der Waals surface area contributed by atoms with Crippen molar-refractivity contribution in [3.05, 3.63) is 30.0 Å². The van der Waals surface area contributed by atoms with E-state index in [1.807, 2.05) is 12.1 Å². The van der Waals surface area contributed by atoms with Gasteiger partial charge >= 0.3 is 0 Å². The van der Waals surface area contributed by atoms with Crippen molar-refractivity contribution in [2.24, 2.45) is 17.6 Å². The van der Waals surface area contributed by atoms with Crippen LogP contribution >= 0.6 is 0 Å². The average molecular weight is 470 g/mol. The normalized spacial score (nSPS) is 19.7. The number of carbonyl (C=O) groups is 4. The summed E-state index contributed by atoms with van der Waals surface area (Å²) in [7, 11) is 1.56. The Morgan fingerprint density at radius 1 is 1.15 bits per heavy atom. The van der Waals surface area contributed by atoms with Gasteiger partial charge in [-0.25, -0.2) is 0 Å². The average Bonchev–Trinajstić information content (AvgIpc) is 3.40. The van der Waals surface area contributed by atoms with E-state index in [1.54, 1.807) is 19.2 Å². The first-order valence-electron chi connectivity index (χ1n) is 11.7. The maximum absolute atomic E-state index is 13.2. The van der Waals surface area contributed by atoms with Crippen LogP contribution < -0.4 is 26.4 Å². The van der Waals surface area contributed by atoms with Crippen molar-refractivity contribution in [2.45, 2.75) is 50.6 Å². The molecule has 3 atom stereocenters. The largest absolute Gasteiger partial charge is 0.496 e. The molecule has 0 spiro atoms. The van der Waals surface area contributed by atoms with Crippen molar-refractivity contribution in [3.63, 3.8) is 0 Å². The predicted molar refractivity (Wildman–Crippen MR) is 125 cm³/mol. The molecule has 2 aliphatic rings. The Kier molecular flexibility index (Phi) is 7.04. The number of H-pyrrole nitrogens is 1. The van der Waals surface area contributed by atoms with E-state index in [9.17, 15) is 19.2 Å². The first kappa shape index (κ1) is 23.6. The summed E-state index contributed by atoms with van der Waals surface area (Å²) in [6.45, 7) is 0.540. The van der Waals surface area contributed by atoms with Crippen LogP contribution in [0.4, 0.5) is 0 Å². The third kappa shape index (κ3) is 5.16. The van der Waals surface area contributed by atoms with Gasteiger partial charge in [0.2, 0.25) is 17.7 Å². The molecule has 4 amide bonds. The lowest BCUT2D eigenvalue weighted by atomic mass is 9.80. The minimum atomic E-state index is -0.987. The first-order chi connectivity index (χ1) is 16.4. The molecule has 1 saturated carbocycles. The second kappa shape index (κ2) is 10.1. The summed E-state index contributed by atoms with van der Waals surface area (Å²) in [6, 6.07) is 5.33. The fraction of sp³-hybridized carbons (Fsp3) is 0.500. The summed E-state index contributed by atoms with van der Waals surface area (Å²) in [5.41, 5.74) is 6.57. The number of primary amides is 1. The number of hydrogen-bond acceptors (Lipinski definition) is 5. The molecule has 2 heterocycles. The van der Waals surface area contributed by atoms with E-state index in [-0.39, 0.29) is 18.2 Å². The van der Waals surface area contributed by atoms with Crippen molar-refractivity contribution in [3.8, 4) is 5.75 Å². The minimum Gasteiger partial charge on any atom is -0.496 e. The zero-order valence-electron chi connectivity index (χ0n) is 19.2. The van der Waals surface area contributed by atoms with Crippen LogP contribution in [-0.4, -0.2) is 54.4 Å². The van der Waals surface area contributed by atoms with E-state index < -0.39 is 29.8 Å². The molecule has 6 N–H and O–H groups in total. The highest BCUT2D eigenvalue weighted by atomic mass is 16.5. The van der Waals surface area contributed by atoms with E-state index in [2.05, 4.69) is 20.9 Å². The fourth-order valence-electron chi connectivity index (χ4n) is 4.63. The number of aromatic nitrogens is 1. The maximum Gasteiger partial charge on any atom is 0.268 e. The smallest absolute Gasteiger partial charge is 0.268 e. The predicted octanol–water partition coefficient (Wildman–Crippen LogP) is 0.961. The molecule has 1 saturated heterocycles. The molecule has 10 heteroatoms. The second-order valence-electron chi connectivity index (χ2n) is 9.14. The molecule has 1 aromatic carbocycles. The second-order valence-corrected chi connectivity index (χ2v) is 9.14. The summed E-state index contributed by atoms with van der Waals surface area (Å²) in [5, 5.41) is 8.99. The summed E-state index contributed by atoms with van der Waals surface area (Å²) >= 11 is 0. The van der Waals surface area contributed by atoms with Gasteiger partial charge in [0.05, 0.1) is 7.11 Å². The van der Waals surface area contributed by atoms with Crippen LogP contribution in [0, 0.1) is 11.8 Å². The summed E-state index contributed by atoms with van der Waals surface area (Å²) in [5.74, 6) is -1.17. The number of nitrogens with one attached hydrogen (secondary N) is 4. The lowest BCUT2D eigenvalue weighted by Crippen LogP contribution is -2.54. The molecule has 4 rings (SSSR count).